The van der Waals surface area contributed by atoms with E-state index in [1.807, 2.05) is 0 Å². The van der Waals surface area contributed by atoms with Crippen molar-refractivity contribution in [1.82, 2.24) is 5.32 Å². The third-order valence-electron chi connectivity index (χ3n) is 2.43. The molecule has 0 aromatic heterocycles. The normalized spacial score (nSPS) is 27.0. The Morgan fingerprint density at radius 1 is 1.42 bits per heavy atom. The molecule has 1 heterocycles. The van der Waals surface area contributed by atoms with E-state index < -0.39 is 0 Å². The molecule has 72 valence electrons. The summed E-state index contributed by atoms with van der Waals surface area (Å²) in [5, 5.41) is 21.4. The molecule has 1 aliphatic rings. The lowest BCUT2D eigenvalue weighted by molar-refractivity contribution is 0.110. The molecule has 0 bridgehead atoms. The topological polar surface area (TPSA) is 52.5 Å². The van der Waals surface area contributed by atoms with Gasteiger partial charge in [-0.2, -0.15) is 0 Å². The minimum atomic E-state index is -0.328. The lowest BCUT2D eigenvalue weighted by Gasteiger charge is -2.25. The van der Waals surface area contributed by atoms with Gasteiger partial charge in [-0.3, -0.25) is 0 Å². The van der Waals surface area contributed by atoms with Crippen molar-refractivity contribution < 1.29 is 10.2 Å². The Morgan fingerprint density at radius 3 is 2.83 bits per heavy atom. The van der Waals surface area contributed by atoms with Crippen LogP contribution in [0.15, 0.2) is 0 Å². The number of rotatable bonds is 4. The van der Waals surface area contributed by atoms with Gasteiger partial charge < -0.3 is 15.5 Å². The molecule has 1 saturated heterocycles. The number of hydrogen-bond donors (Lipinski definition) is 3. The minimum Gasteiger partial charge on any atom is -0.396 e. The molecule has 0 aromatic rings. The Labute approximate surface area is 73.8 Å². The van der Waals surface area contributed by atoms with Crippen LogP contribution in [0.2, 0.25) is 0 Å². The van der Waals surface area contributed by atoms with E-state index in [4.69, 9.17) is 5.11 Å². The van der Waals surface area contributed by atoms with Gasteiger partial charge in [0.15, 0.2) is 0 Å². The van der Waals surface area contributed by atoms with Gasteiger partial charge in [-0.25, -0.2) is 0 Å². The summed E-state index contributed by atoms with van der Waals surface area (Å²) in [5.41, 5.74) is 0. The van der Waals surface area contributed by atoms with Crippen LogP contribution in [0.5, 0.6) is 0 Å². The summed E-state index contributed by atoms with van der Waals surface area (Å²) in [7, 11) is 0. The molecule has 0 radical (unpaired) electrons. The van der Waals surface area contributed by atoms with Crippen LogP contribution in [-0.2, 0) is 0 Å². The van der Waals surface area contributed by atoms with Gasteiger partial charge in [0.25, 0.3) is 0 Å². The highest BCUT2D eigenvalue weighted by Gasteiger charge is 2.15. The van der Waals surface area contributed by atoms with Gasteiger partial charge in [0.1, 0.15) is 0 Å². The summed E-state index contributed by atoms with van der Waals surface area (Å²) in [6.45, 7) is 1.17. The molecule has 2 unspecified atom stereocenters. The fraction of sp³-hybridized carbons (Fsp3) is 1.00. The van der Waals surface area contributed by atoms with E-state index >= 15 is 0 Å². The standard InChI is InChI=1S/C9H19NO2/c11-6-4-9(12)7-8-3-1-2-5-10-8/h8-12H,1-7H2. The summed E-state index contributed by atoms with van der Waals surface area (Å²) < 4.78 is 0. The Hall–Kier alpha value is -0.120. The molecule has 1 rings (SSSR count). The highest BCUT2D eigenvalue weighted by atomic mass is 16.3. The van der Waals surface area contributed by atoms with Crippen molar-refractivity contribution in [1.29, 1.82) is 0 Å². The van der Waals surface area contributed by atoms with Crippen molar-refractivity contribution in [3.05, 3.63) is 0 Å². The van der Waals surface area contributed by atoms with Gasteiger partial charge in [-0.1, -0.05) is 6.42 Å². The molecular weight excluding hydrogens is 154 g/mol. The SMILES string of the molecule is OCCC(O)CC1CCCCN1. The number of nitrogens with one attached hydrogen (secondary N) is 1. The molecule has 0 amide bonds. The lowest BCUT2D eigenvalue weighted by Crippen LogP contribution is -2.36. The minimum absolute atomic E-state index is 0.0912. The third kappa shape index (κ3) is 3.52. The van der Waals surface area contributed by atoms with E-state index in [-0.39, 0.29) is 12.7 Å². The van der Waals surface area contributed by atoms with Gasteiger partial charge in [0, 0.05) is 12.6 Å². The number of piperidine rings is 1. The number of aliphatic hydroxyl groups excluding tert-OH is 2. The summed E-state index contributed by atoms with van der Waals surface area (Å²) in [4.78, 5) is 0. The van der Waals surface area contributed by atoms with Crippen LogP contribution in [0.25, 0.3) is 0 Å². The van der Waals surface area contributed by atoms with Gasteiger partial charge in [0.05, 0.1) is 6.10 Å². The zero-order chi connectivity index (χ0) is 8.81. The molecule has 3 nitrogen and oxygen atoms in total. The first-order valence-electron chi connectivity index (χ1n) is 4.85. The molecule has 2 atom stereocenters. The average Bonchev–Trinajstić information content (AvgIpc) is 2.06. The van der Waals surface area contributed by atoms with Crippen LogP contribution < -0.4 is 5.32 Å². The first-order chi connectivity index (χ1) is 5.83. The highest BCUT2D eigenvalue weighted by Crippen LogP contribution is 2.12. The molecule has 3 heteroatoms. The van der Waals surface area contributed by atoms with E-state index in [0.717, 1.165) is 13.0 Å². The van der Waals surface area contributed by atoms with Crippen molar-refractivity contribution in [2.75, 3.05) is 13.2 Å². The predicted molar refractivity (Wildman–Crippen MR) is 48.0 cm³/mol. The predicted octanol–water partition coefficient (Wildman–Crippen LogP) is 0.262. The van der Waals surface area contributed by atoms with Crippen LogP contribution >= 0.6 is 0 Å². The summed E-state index contributed by atoms with van der Waals surface area (Å²) in [6, 6.07) is 0.472. The maximum absolute atomic E-state index is 9.40. The van der Waals surface area contributed by atoms with Gasteiger partial charge in [0.2, 0.25) is 0 Å². The Morgan fingerprint density at radius 2 is 2.25 bits per heavy atom. The smallest absolute Gasteiger partial charge is 0.0576 e. The molecule has 0 spiro atoms. The van der Waals surface area contributed by atoms with E-state index in [1.54, 1.807) is 0 Å². The van der Waals surface area contributed by atoms with Gasteiger partial charge in [-0.05, 0) is 32.2 Å². The van der Waals surface area contributed by atoms with Crippen molar-refractivity contribution in [3.8, 4) is 0 Å². The van der Waals surface area contributed by atoms with Crippen LogP contribution in [0.3, 0.4) is 0 Å². The summed E-state index contributed by atoms with van der Waals surface area (Å²) >= 11 is 0. The second-order valence-corrected chi connectivity index (χ2v) is 3.55. The Kier molecular flexibility index (Phi) is 4.58. The van der Waals surface area contributed by atoms with Crippen molar-refractivity contribution in [2.24, 2.45) is 0 Å². The largest absolute Gasteiger partial charge is 0.396 e. The Balaban J connectivity index is 2.11. The zero-order valence-corrected chi connectivity index (χ0v) is 7.50. The third-order valence-corrected chi connectivity index (χ3v) is 2.43. The molecule has 0 saturated carbocycles. The van der Waals surface area contributed by atoms with E-state index in [0.29, 0.717) is 12.5 Å². The molecule has 1 aliphatic heterocycles. The molecule has 0 aliphatic carbocycles. The Bertz CT molecular complexity index is 113. The quantitative estimate of drug-likeness (QED) is 0.571. The lowest BCUT2D eigenvalue weighted by atomic mass is 9.98. The molecule has 1 fully saturated rings. The zero-order valence-electron chi connectivity index (χ0n) is 7.50. The first kappa shape index (κ1) is 9.96. The van der Waals surface area contributed by atoms with Crippen molar-refractivity contribution in [3.63, 3.8) is 0 Å². The molecule has 0 aromatic carbocycles. The van der Waals surface area contributed by atoms with Gasteiger partial charge in [-0.15, -0.1) is 0 Å². The number of hydrogen-bond acceptors (Lipinski definition) is 3. The maximum atomic E-state index is 9.40. The maximum Gasteiger partial charge on any atom is 0.0576 e. The number of aliphatic hydroxyl groups is 2. The highest BCUT2D eigenvalue weighted by molar-refractivity contribution is 4.75. The monoisotopic (exact) mass is 173 g/mol. The van der Waals surface area contributed by atoms with E-state index in [1.165, 1.54) is 19.3 Å². The fourth-order valence-electron chi connectivity index (χ4n) is 1.72. The van der Waals surface area contributed by atoms with E-state index in [2.05, 4.69) is 5.32 Å². The molecule has 3 N–H and O–H groups in total. The second-order valence-electron chi connectivity index (χ2n) is 3.55. The van der Waals surface area contributed by atoms with Crippen LogP contribution in [0, 0.1) is 0 Å². The average molecular weight is 173 g/mol. The van der Waals surface area contributed by atoms with Crippen molar-refractivity contribution in [2.45, 2.75) is 44.2 Å². The van der Waals surface area contributed by atoms with Crippen LogP contribution in [0.4, 0.5) is 0 Å². The molecule has 12 heavy (non-hydrogen) atoms. The molecular formula is C9H19NO2. The second kappa shape index (κ2) is 5.51. The van der Waals surface area contributed by atoms with Crippen LogP contribution in [-0.4, -0.2) is 35.5 Å². The van der Waals surface area contributed by atoms with Crippen molar-refractivity contribution >= 4 is 0 Å². The first-order valence-corrected chi connectivity index (χ1v) is 4.85. The van der Waals surface area contributed by atoms with Gasteiger partial charge >= 0.3 is 0 Å². The van der Waals surface area contributed by atoms with Crippen LogP contribution in [0.1, 0.15) is 32.1 Å². The summed E-state index contributed by atoms with van der Waals surface area (Å²) in [6.07, 6.45) is 4.67. The fourth-order valence-corrected chi connectivity index (χ4v) is 1.72. The summed E-state index contributed by atoms with van der Waals surface area (Å²) in [5.74, 6) is 0. The van der Waals surface area contributed by atoms with E-state index in [9.17, 15) is 5.11 Å².